The quantitative estimate of drug-likeness (QED) is 0.537. The lowest BCUT2D eigenvalue weighted by Crippen LogP contribution is -2.22. The highest BCUT2D eigenvalue weighted by Crippen LogP contribution is 2.40. The highest BCUT2D eigenvalue weighted by atomic mass is 79.9. The molecule has 0 bridgehead atoms. The molecule has 4 rings (SSSR count). The summed E-state index contributed by atoms with van der Waals surface area (Å²) < 4.78 is 5.40. The highest BCUT2D eigenvalue weighted by Gasteiger charge is 2.22. The summed E-state index contributed by atoms with van der Waals surface area (Å²) in [6.45, 7) is 1.92. The number of para-hydroxylation sites is 1. The van der Waals surface area contributed by atoms with Crippen LogP contribution in [-0.2, 0) is 12.8 Å². The second-order valence-corrected chi connectivity index (χ2v) is 7.08. The summed E-state index contributed by atoms with van der Waals surface area (Å²) in [5.74, 6) is 0.914. The number of likely N-dealkylation sites (N-methyl/N-ethyl adjacent to an activating group) is 1. The summed E-state index contributed by atoms with van der Waals surface area (Å²) in [5, 5.41) is 4.90. The largest absolute Gasteiger partial charge is 0.497 e. The average Bonchev–Trinajstić information content (AvgIpc) is 2.66. The van der Waals surface area contributed by atoms with Gasteiger partial charge in [0.15, 0.2) is 0 Å². The van der Waals surface area contributed by atoms with Gasteiger partial charge in [0.05, 0.1) is 18.3 Å². The number of hydrogen-bond acceptors (Lipinski definition) is 4. The fraction of sp³-hybridized carbons (Fsp3) is 0.318. The van der Waals surface area contributed by atoms with Gasteiger partial charge in [-0.2, -0.15) is 0 Å². The van der Waals surface area contributed by atoms with Crippen LogP contribution in [0.1, 0.15) is 11.1 Å². The molecule has 158 valence electrons. The first-order chi connectivity index (χ1) is 12.7. The van der Waals surface area contributed by atoms with Gasteiger partial charge < -0.3 is 20.4 Å². The van der Waals surface area contributed by atoms with Gasteiger partial charge in [-0.1, -0.05) is 18.2 Å². The third-order valence-electron chi connectivity index (χ3n) is 5.07. The lowest BCUT2D eigenvalue weighted by Gasteiger charge is -2.24. The van der Waals surface area contributed by atoms with E-state index in [-0.39, 0.29) is 39.4 Å². The number of fused-ring (bicyclic) bond motifs is 4. The van der Waals surface area contributed by atoms with E-state index >= 15 is 0 Å². The van der Waals surface area contributed by atoms with Crippen LogP contribution in [-0.4, -0.2) is 49.7 Å². The zero-order valence-corrected chi connectivity index (χ0v) is 20.4. The molecule has 5 nitrogen and oxygen atoms in total. The average molecular weight is 527 g/mol. The van der Waals surface area contributed by atoms with Gasteiger partial charge in [-0.25, -0.2) is 4.98 Å². The van der Waals surface area contributed by atoms with Gasteiger partial charge in [-0.3, -0.25) is 0 Å². The third kappa shape index (κ3) is 5.09. The number of anilines is 1. The zero-order chi connectivity index (χ0) is 18.1. The highest BCUT2D eigenvalue weighted by molar-refractivity contribution is 8.93. The number of benzene rings is 2. The summed E-state index contributed by atoms with van der Waals surface area (Å²) in [6.07, 6.45) is 2.01. The normalized spacial score (nSPS) is 11.4. The first-order valence-corrected chi connectivity index (χ1v) is 9.15. The Kier molecular flexibility index (Phi) is 9.55. The summed E-state index contributed by atoms with van der Waals surface area (Å²) in [7, 11) is 5.92. The monoisotopic (exact) mass is 525 g/mol. The van der Waals surface area contributed by atoms with Crippen LogP contribution in [0.15, 0.2) is 42.5 Å². The number of nitrogens with zero attached hydrogens (tertiary/aromatic N) is 2. The van der Waals surface area contributed by atoms with Crippen LogP contribution >= 0.6 is 34.0 Å². The van der Waals surface area contributed by atoms with Crippen molar-refractivity contribution in [2.75, 3.05) is 39.6 Å². The molecule has 3 aromatic rings. The number of aryl methyl sites for hydroxylation is 1. The maximum atomic E-state index is 5.40. The molecule has 0 radical (unpaired) electrons. The number of ether oxygens (including phenoxy) is 1. The molecule has 1 aliphatic rings. The first kappa shape index (κ1) is 25.4. The van der Waals surface area contributed by atoms with E-state index in [1.165, 1.54) is 27.8 Å². The van der Waals surface area contributed by atoms with Gasteiger partial charge >= 0.3 is 0 Å². The van der Waals surface area contributed by atoms with E-state index < -0.39 is 0 Å². The number of halogens is 2. The van der Waals surface area contributed by atoms with E-state index in [4.69, 9.17) is 9.72 Å². The lowest BCUT2D eigenvalue weighted by molar-refractivity contribution is 0.414. The maximum Gasteiger partial charge on any atom is 0.119 e. The molecule has 29 heavy (non-hydrogen) atoms. The SMILES string of the molecule is Br.Br.COc1ccc2c(c1)CCc1c-2nc2ccccc2c1NCCN(C)C.O. The summed E-state index contributed by atoms with van der Waals surface area (Å²) in [6, 6.07) is 14.8. The molecule has 0 fully saturated rings. The minimum atomic E-state index is 0. The lowest BCUT2D eigenvalue weighted by atomic mass is 9.87. The number of aromatic nitrogens is 1. The predicted octanol–water partition coefficient (Wildman–Crippen LogP) is 4.31. The van der Waals surface area contributed by atoms with Crippen molar-refractivity contribution in [3.63, 3.8) is 0 Å². The number of methoxy groups -OCH3 is 1. The van der Waals surface area contributed by atoms with E-state index in [9.17, 15) is 0 Å². The molecule has 1 aliphatic carbocycles. The van der Waals surface area contributed by atoms with Gasteiger partial charge in [0, 0.05) is 35.3 Å². The van der Waals surface area contributed by atoms with Gasteiger partial charge in [0.25, 0.3) is 0 Å². The molecule has 0 aliphatic heterocycles. The van der Waals surface area contributed by atoms with E-state index in [1.54, 1.807) is 7.11 Å². The van der Waals surface area contributed by atoms with Crippen molar-refractivity contribution in [3.8, 4) is 17.0 Å². The number of nitrogens with one attached hydrogen (secondary N) is 1. The molecule has 0 saturated carbocycles. The first-order valence-electron chi connectivity index (χ1n) is 9.15. The molecule has 0 amide bonds. The summed E-state index contributed by atoms with van der Waals surface area (Å²) in [5.41, 5.74) is 7.28. The molecular formula is C22H29Br2N3O2. The van der Waals surface area contributed by atoms with Crippen LogP contribution < -0.4 is 10.1 Å². The summed E-state index contributed by atoms with van der Waals surface area (Å²) in [4.78, 5) is 7.22. The summed E-state index contributed by atoms with van der Waals surface area (Å²) >= 11 is 0. The Labute approximate surface area is 193 Å². The van der Waals surface area contributed by atoms with Gasteiger partial charge in [0.1, 0.15) is 5.75 Å². The van der Waals surface area contributed by atoms with Crippen molar-refractivity contribution in [2.45, 2.75) is 12.8 Å². The van der Waals surface area contributed by atoms with Crippen molar-refractivity contribution < 1.29 is 10.2 Å². The Bertz CT molecular complexity index is 964. The Morgan fingerprint density at radius 3 is 2.55 bits per heavy atom. The van der Waals surface area contributed by atoms with Gasteiger partial charge in [-0.05, 0) is 56.8 Å². The second-order valence-electron chi connectivity index (χ2n) is 7.08. The number of rotatable bonds is 5. The maximum absolute atomic E-state index is 5.40. The van der Waals surface area contributed by atoms with Crippen molar-refractivity contribution in [2.24, 2.45) is 0 Å². The Hall–Kier alpha value is -1.67. The smallest absolute Gasteiger partial charge is 0.119 e. The molecule has 0 saturated heterocycles. The fourth-order valence-corrected chi connectivity index (χ4v) is 3.72. The molecule has 0 unspecified atom stereocenters. The Balaban J connectivity index is 0.00000140. The minimum absolute atomic E-state index is 0. The van der Waals surface area contributed by atoms with Crippen LogP contribution in [0.4, 0.5) is 5.69 Å². The zero-order valence-electron chi connectivity index (χ0n) is 17.0. The van der Waals surface area contributed by atoms with E-state index in [0.29, 0.717) is 0 Å². The number of pyridine rings is 1. The van der Waals surface area contributed by atoms with Crippen molar-refractivity contribution >= 4 is 50.6 Å². The molecule has 0 atom stereocenters. The van der Waals surface area contributed by atoms with E-state index in [2.05, 4.69) is 60.7 Å². The molecule has 1 heterocycles. The predicted molar refractivity (Wildman–Crippen MR) is 132 cm³/mol. The minimum Gasteiger partial charge on any atom is -0.497 e. The van der Waals surface area contributed by atoms with Crippen LogP contribution in [0.25, 0.3) is 22.2 Å². The Morgan fingerprint density at radius 1 is 1.07 bits per heavy atom. The van der Waals surface area contributed by atoms with Gasteiger partial charge in [0.2, 0.25) is 0 Å². The second kappa shape index (κ2) is 10.9. The third-order valence-corrected chi connectivity index (χ3v) is 5.07. The van der Waals surface area contributed by atoms with Crippen LogP contribution in [0.3, 0.4) is 0 Å². The molecule has 2 aromatic carbocycles. The van der Waals surface area contributed by atoms with Crippen LogP contribution in [0.5, 0.6) is 5.75 Å². The molecule has 0 spiro atoms. The standard InChI is InChI=1S/C22H25N3O.2BrH.H2O/c1-25(2)13-12-23-21-18-6-4-5-7-20(18)24-22-17-11-9-16(26-3)14-15(17)8-10-19(21)22;;;/h4-7,9,11,14H,8,10,12-13H2,1-3H3,(H,23,24);2*1H;1H2. The molecule has 1 aromatic heterocycles. The number of hydrogen-bond donors (Lipinski definition) is 1. The fourth-order valence-electron chi connectivity index (χ4n) is 3.72. The van der Waals surface area contributed by atoms with Crippen LogP contribution in [0, 0.1) is 0 Å². The Morgan fingerprint density at radius 2 is 1.83 bits per heavy atom. The molecular weight excluding hydrogens is 498 g/mol. The van der Waals surface area contributed by atoms with Crippen molar-refractivity contribution in [3.05, 3.63) is 53.6 Å². The van der Waals surface area contributed by atoms with E-state index in [0.717, 1.165) is 42.9 Å². The van der Waals surface area contributed by atoms with Crippen molar-refractivity contribution in [1.82, 2.24) is 9.88 Å². The van der Waals surface area contributed by atoms with Crippen LogP contribution in [0.2, 0.25) is 0 Å². The van der Waals surface area contributed by atoms with E-state index in [1.807, 2.05) is 6.07 Å². The molecule has 7 heteroatoms. The van der Waals surface area contributed by atoms with Crippen molar-refractivity contribution in [1.29, 1.82) is 0 Å². The van der Waals surface area contributed by atoms with Gasteiger partial charge in [-0.15, -0.1) is 34.0 Å². The topological polar surface area (TPSA) is 68.9 Å². The molecule has 3 N–H and O–H groups in total.